The number of ether oxygens (including phenoxy) is 2. The molecule has 0 saturated heterocycles. The topological polar surface area (TPSA) is 47.6 Å². The number of rotatable bonds is 6. The number of carbonyl (C=O) groups excluding carboxylic acids is 1. The molecule has 1 unspecified atom stereocenters. The summed E-state index contributed by atoms with van der Waals surface area (Å²) in [6, 6.07) is 7.64. The van der Waals surface area contributed by atoms with Crippen LogP contribution < -0.4 is 10.1 Å². The van der Waals surface area contributed by atoms with Crippen molar-refractivity contribution >= 4 is 5.91 Å². The fourth-order valence-corrected chi connectivity index (χ4v) is 1.51. The fourth-order valence-electron chi connectivity index (χ4n) is 1.51. The predicted molar refractivity (Wildman–Crippen MR) is 66.0 cm³/mol. The van der Waals surface area contributed by atoms with Crippen molar-refractivity contribution < 1.29 is 14.3 Å². The molecule has 0 spiro atoms. The highest BCUT2D eigenvalue weighted by molar-refractivity contribution is 5.75. The first-order valence-corrected chi connectivity index (χ1v) is 5.64. The predicted octanol–water partition coefficient (Wildman–Crippen LogP) is 1.91. The molecule has 1 atom stereocenters. The quantitative estimate of drug-likeness (QED) is 0.822. The molecule has 1 N–H and O–H groups in total. The first-order valence-electron chi connectivity index (χ1n) is 5.64. The van der Waals surface area contributed by atoms with E-state index in [4.69, 9.17) is 9.47 Å². The van der Waals surface area contributed by atoms with Crippen molar-refractivity contribution in [2.75, 3.05) is 20.8 Å². The minimum absolute atomic E-state index is 0.0231. The Balaban J connectivity index is 2.68. The van der Waals surface area contributed by atoms with Crippen molar-refractivity contribution in [1.29, 1.82) is 0 Å². The standard InChI is InChI=1S/C13H19NO3/c1-4-13(15)14-9-12(17-3)10-6-5-7-11(8-10)16-2/h5-8,12H,4,9H2,1-3H3,(H,14,15). The Morgan fingerprint density at radius 3 is 2.76 bits per heavy atom. The van der Waals surface area contributed by atoms with E-state index < -0.39 is 0 Å². The van der Waals surface area contributed by atoms with E-state index >= 15 is 0 Å². The maximum absolute atomic E-state index is 11.2. The highest BCUT2D eigenvalue weighted by atomic mass is 16.5. The molecular formula is C13H19NO3. The van der Waals surface area contributed by atoms with E-state index in [0.717, 1.165) is 11.3 Å². The smallest absolute Gasteiger partial charge is 0.219 e. The lowest BCUT2D eigenvalue weighted by Gasteiger charge is -2.17. The summed E-state index contributed by atoms with van der Waals surface area (Å²) in [6.07, 6.45) is 0.328. The van der Waals surface area contributed by atoms with Gasteiger partial charge >= 0.3 is 0 Å². The number of methoxy groups -OCH3 is 2. The Labute approximate surface area is 102 Å². The number of carbonyl (C=O) groups is 1. The van der Waals surface area contributed by atoms with Crippen LogP contribution in [-0.4, -0.2) is 26.7 Å². The van der Waals surface area contributed by atoms with Gasteiger partial charge in [-0.2, -0.15) is 0 Å². The molecule has 1 aromatic carbocycles. The Kier molecular flexibility index (Phi) is 5.49. The molecule has 94 valence electrons. The molecule has 0 aliphatic heterocycles. The van der Waals surface area contributed by atoms with Crippen LogP contribution in [0.1, 0.15) is 25.0 Å². The summed E-state index contributed by atoms with van der Waals surface area (Å²) < 4.78 is 10.5. The van der Waals surface area contributed by atoms with Crippen LogP contribution in [0.3, 0.4) is 0 Å². The molecule has 0 aliphatic carbocycles. The third-order valence-electron chi connectivity index (χ3n) is 2.56. The lowest BCUT2D eigenvalue weighted by atomic mass is 10.1. The van der Waals surface area contributed by atoms with E-state index in [0.29, 0.717) is 13.0 Å². The molecule has 0 bridgehead atoms. The van der Waals surface area contributed by atoms with Crippen LogP contribution >= 0.6 is 0 Å². The Hall–Kier alpha value is -1.55. The molecule has 0 aromatic heterocycles. The third kappa shape index (κ3) is 4.07. The van der Waals surface area contributed by atoms with Gasteiger partial charge in [0, 0.05) is 20.1 Å². The number of hydrogen-bond acceptors (Lipinski definition) is 3. The number of nitrogens with one attached hydrogen (secondary N) is 1. The van der Waals surface area contributed by atoms with Gasteiger partial charge in [-0.05, 0) is 17.7 Å². The first kappa shape index (κ1) is 13.5. The van der Waals surface area contributed by atoms with Crippen molar-refractivity contribution in [2.45, 2.75) is 19.4 Å². The van der Waals surface area contributed by atoms with E-state index in [1.54, 1.807) is 14.2 Å². The zero-order valence-corrected chi connectivity index (χ0v) is 10.5. The normalized spacial score (nSPS) is 11.9. The van der Waals surface area contributed by atoms with Crippen molar-refractivity contribution in [3.8, 4) is 5.75 Å². The zero-order valence-electron chi connectivity index (χ0n) is 10.5. The lowest BCUT2D eigenvalue weighted by molar-refractivity contribution is -0.121. The van der Waals surface area contributed by atoms with E-state index in [1.165, 1.54) is 0 Å². The molecule has 1 amide bonds. The second-order valence-electron chi connectivity index (χ2n) is 3.66. The first-order chi connectivity index (χ1) is 8.21. The zero-order chi connectivity index (χ0) is 12.7. The minimum Gasteiger partial charge on any atom is -0.497 e. The van der Waals surface area contributed by atoms with Crippen LogP contribution in [0.25, 0.3) is 0 Å². The Bertz CT molecular complexity index is 365. The molecule has 0 saturated carbocycles. The molecule has 0 aliphatic rings. The van der Waals surface area contributed by atoms with Crippen LogP contribution in [0.5, 0.6) is 5.75 Å². The van der Waals surface area contributed by atoms with Gasteiger partial charge in [0.25, 0.3) is 0 Å². The molecule has 4 heteroatoms. The third-order valence-corrected chi connectivity index (χ3v) is 2.56. The van der Waals surface area contributed by atoms with E-state index in [9.17, 15) is 4.79 Å². The van der Waals surface area contributed by atoms with E-state index in [-0.39, 0.29) is 12.0 Å². The summed E-state index contributed by atoms with van der Waals surface area (Å²) in [5.41, 5.74) is 0.989. The second kappa shape index (κ2) is 6.91. The summed E-state index contributed by atoms with van der Waals surface area (Å²) in [7, 11) is 3.25. The summed E-state index contributed by atoms with van der Waals surface area (Å²) in [4.78, 5) is 11.2. The minimum atomic E-state index is -0.152. The van der Waals surface area contributed by atoms with E-state index in [1.807, 2.05) is 31.2 Å². The average Bonchev–Trinajstić information content (AvgIpc) is 2.39. The molecular weight excluding hydrogens is 218 g/mol. The van der Waals surface area contributed by atoms with Crippen LogP contribution in [-0.2, 0) is 9.53 Å². The van der Waals surface area contributed by atoms with Gasteiger partial charge in [-0.1, -0.05) is 19.1 Å². The number of hydrogen-bond donors (Lipinski definition) is 1. The average molecular weight is 237 g/mol. The van der Waals surface area contributed by atoms with Gasteiger partial charge in [0.05, 0.1) is 13.2 Å². The molecule has 4 nitrogen and oxygen atoms in total. The van der Waals surface area contributed by atoms with Crippen molar-refractivity contribution in [3.05, 3.63) is 29.8 Å². The van der Waals surface area contributed by atoms with Crippen LogP contribution in [0, 0.1) is 0 Å². The van der Waals surface area contributed by atoms with Crippen molar-refractivity contribution in [3.63, 3.8) is 0 Å². The van der Waals surface area contributed by atoms with Gasteiger partial charge in [-0.15, -0.1) is 0 Å². The SMILES string of the molecule is CCC(=O)NCC(OC)c1cccc(OC)c1. The van der Waals surface area contributed by atoms with Crippen molar-refractivity contribution in [1.82, 2.24) is 5.32 Å². The van der Waals surface area contributed by atoms with E-state index in [2.05, 4.69) is 5.32 Å². The molecule has 0 fully saturated rings. The number of amides is 1. The summed E-state index contributed by atoms with van der Waals surface area (Å²) in [6.45, 7) is 2.29. The Morgan fingerprint density at radius 2 is 2.18 bits per heavy atom. The van der Waals surface area contributed by atoms with Gasteiger partial charge in [0.2, 0.25) is 5.91 Å². The van der Waals surface area contributed by atoms with Crippen molar-refractivity contribution in [2.24, 2.45) is 0 Å². The maximum atomic E-state index is 11.2. The van der Waals surface area contributed by atoms with Crippen LogP contribution in [0.4, 0.5) is 0 Å². The highest BCUT2D eigenvalue weighted by Gasteiger charge is 2.12. The number of benzene rings is 1. The van der Waals surface area contributed by atoms with Gasteiger partial charge < -0.3 is 14.8 Å². The molecule has 1 aromatic rings. The summed E-state index contributed by atoms with van der Waals surface area (Å²) in [5, 5.41) is 2.81. The van der Waals surface area contributed by atoms with Crippen LogP contribution in [0.2, 0.25) is 0 Å². The monoisotopic (exact) mass is 237 g/mol. The molecule has 1 rings (SSSR count). The van der Waals surface area contributed by atoms with Crippen LogP contribution in [0.15, 0.2) is 24.3 Å². The summed E-state index contributed by atoms with van der Waals surface area (Å²) >= 11 is 0. The van der Waals surface area contributed by atoms with Gasteiger partial charge in [0.15, 0.2) is 0 Å². The maximum Gasteiger partial charge on any atom is 0.219 e. The molecule has 0 radical (unpaired) electrons. The Morgan fingerprint density at radius 1 is 1.41 bits per heavy atom. The lowest BCUT2D eigenvalue weighted by Crippen LogP contribution is -2.28. The van der Waals surface area contributed by atoms with Gasteiger partial charge in [0.1, 0.15) is 5.75 Å². The summed E-state index contributed by atoms with van der Waals surface area (Å²) in [5.74, 6) is 0.807. The highest BCUT2D eigenvalue weighted by Crippen LogP contribution is 2.20. The second-order valence-corrected chi connectivity index (χ2v) is 3.66. The molecule has 17 heavy (non-hydrogen) atoms. The largest absolute Gasteiger partial charge is 0.497 e. The molecule has 0 heterocycles. The van der Waals surface area contributed by atoms with Gasteiger partial charge in [-0.3, -0.25) is 4.79 Å². The fraction of sp³-hybridized carbons (Fsp3) is 0.462. The van der Waals surface area contributed by atoms with Gasteiger partial charge in [-0.25, -0.2) is 0 Å².